The number of carbonyl (C=O) groups excluding carboxylic acids is 4. The normalized spacial score (nSPS) is 32.4. The van der Waals surface area contributed by atoms with Crippen LogP contribution < -0.4 is 0 Å². The second kappa shape index (κ2) is 9.54. The quantitative estimate of drug-likeness (QED) is 0.459. The summed E-state index contributed by atoms with van der Waals surface area (Å²) in [4.78, 5) is 53.4. The molecule has 6 atom stereocenters. The van der Waals surface area contributed by atoms with Gasteiger partial charge in [0.2, 0.25) is 5.78 Å². The number of esters is 3. The zero-order valence-corrected chi connectivity index (χ0v) is 21.5. The zero-order chi connectivity index (χ0) is 27.2. The van der Waals surface area contributed by atoms with Crippen LogP contribution in [-0.4, -0.2) is 35.9 Å². The average molecular weight is 523 g/mol. The summed E-state index contributed by atoms with van der Waals surface area (Å²) < 4.78 is 21.7. The number of ether oxygens (including phenoxy) is 3. The Morgan fingerprint density at radius 1 is 1.11 bits per heavy atom. The molecule has 200 valence electrons. The number of aliphatic hydroxyl groups is 1. The van der Waals surface area contributed by atoms with Gasteiger partial charge in [-0.05, 0) is 59.9 Å². The van der Waals surface area contributed by atoms with Crippen LogP contribution in [-0.2, 0) is 35.2 Å². The second-order valence-electron chi connectivity index (χ2n) is 10.9. The van der Waals surface area contributed by atoms with Gasteiger partial charge >= 0.3 is 17.9 Å². The molecule has 38 heavy (non-hydrogen) atoms. The van der Waals surface area contributed by atoms with Gasteiger partial charge in [0, 0.05) is 11.5 Å². The number of ketones is 1. The lowest BCUT2D eigenvalue weighted by atomic mass is 9.44. The van der Waals surface area contributed by atoms with Gasteiger partial charge in [-0.2, -0.15) is 0 Å². The highest BCUT2D eigenvalue weighted by Gasteiger charge is 2.66. The van der Waals surface area contributed by atoms with Gasteiger partial charge < -0.3 is 23.7 Å². The summed E-state index contributed by atoms with van der Waals surface area (Å²) in [6.07, 6.45) is 4.98. The lowest BCUT2D eigenvalue weighted by Gasteiger charge is -2.59. The molecule has 2 fully saturated rings. The molecule has 5 rings (SSSR count). The maximum atomic E-state index is 14.1. The molecular formula is C29H30O9. The van der Waals surface area contributed by atoms with Crippen molar-refractivity contribution in [2.45, 2.75) is 45.8 Å². The third-order valence-corrected chi connectivity index (χ3v) is 8.73. The molecule has 1 aromatic heterocycles. The Kier molecular flexibility index (Phi) is 6.51. The van der Waals surface area contributed by atoms with Crippen LogP contribution in [0.25, 0.3) is 0 Å². The van der Waals surface area contributed by atoms with Gasteiger partial charge in [-0.3, -0.25) is 14.4 Å². The van der Waals surface area contributed by atoms with Gasteiger partial charge in [0.15, 0.2) is 5.76 Å². The molecule has 9 nitrogen and oxygen atoms in total. The molecule has 1 N–H and O–H groups in total. The summed E-state index contributed by atoms with van der Waals surface area (Å²) in [5.41, 5.74) is -0.261. The minimum Gasteiger partial charge on any atom is -0.472 e. The zero-order valence-electron chi connectivity index (χ0n) is 21.5. The van der Waals surface area contributed by atoms with Crippen molar-refractivity contribution >= 4 is 23.7 Å². The summed E-state index contributed by atoms with van der Waals surface area (Å²) in [6.45, 7) is 3.58. The van der Waals surface area contributed by atoms with Crippen molar-refractivity contribution in [2.24, 2.45) is 28.6 Å². The van der Waals surface area contributed by atoms with Crippen molar-refractivity contribution in [1.82, 2.24) is 0 Å². The van der Waals surface area contributed by atoms with Crippen molar-refractivity contribution in [1.29, 1.82) is 0 Å². The molecule has 9 heteroatoms. The minimum atomic E-state index is -0.887. The summed E-state index contributed by atoms with van der Waals surface area (Å²) in [7, 11) is 1.28. The predicted octanol–water partition coefficient (Wildman–Crippen LogP) is 3.91. The van der Waals surface area contributed by atoms with Gasteiger partial charge in [0.05, 0.1) is 43.6 Å². The fourth-order valence-electron chi connectivity index (χ4n) is 6.79. The first-order valence-corrected chi connectivity index (χ1v) is 12.6. The van der Waals surface area contributed by atoms with Crippen LogP contribution in [0.2, 0.25) is 0 Å². The maximum Gasteiger partial charge on any atom is 0.343 e. The molecule has 0 bridgehead atoms. The molecule has 0 amide bonds. The number of aliphatic hydroxyl groups excluding tert-OH is 1. The second-order valence-corrected chi connectivity index (χ2v) is 10.9. The first-order valence-electron chi connectivity index (χ1n) is 12.6. The number of carbonyl (C=O) groups is 4. The minimum absolute atomic E-state index is 0.179. The number of hydrogen-bond acceptors (Lipinski definition) is 9. The highest BCUT2D eigenvalue weighted by molar-refractivity contribution is 6.03. The topological polar surface area (TPSA) is 129 Å². The lowest BCUT2D eigenvalue weighted by Crippen LogP contribution is -2.61. The number of cyclic esters (lactones) is 1. The molecule has 0 spiro atoms. The molecule has 2 aromatic rings. The third-order valence-electron chi connectivity index (χ3n) is 8.73. The van der Waals surface area contributed by atoms with Crippen LogP contribution in [0.5, 0.6) is 0 Å². The van der Waals surface area contributed by atoms with Crippen molar-refractivity contribution in [2.75, 3.05) is 7.11 Å². The van der Waals surface area contributed by atoms with Crippen LogP contribution in [0, 0.1) is 28.6 Å². The number of hydrogen-bond donors (Lipinski definition) is 1. The van der Waals surface area contributed by atoms with E-state index in [9.17, 15) is 24.3 Å². The van der Waals surface area contributed by atoms with E-state index < -0.39 is 58.4 Å². The van der Waals surface area contributed by atoms with Crippen molar-refractivity contribution in [3.63, 3.8) is 0 Å². The highest BCUT2D eigenvalue weighted by Crippen LogP contribution is 2.64. The Labute approximate surface area is 219 Å². The first-order chi connectivity index (χ1) is 18.1. The molecule has 1 saturated carbocycles. The van der Waals surface area contributed by atoms with E-state index in [1.54, 1.807) is 18.2 Å². The number of benzene rings is 1. The standard InChI is InChI=1S/C29H30O9/c1-28-10-8-19-27(34)38-22(18-9-11-36-15-18)13-29(19,2)24(28)23(31)21(12-20(28)26(33)35-3)37-25(32)17-6-4-16(14-30)5-7-17/h4-7,9,11-12,15,19-20,22,24,30H,8,10,13-14H2,1-3H3. The van der Waals surface area contributed by atoms with Crippen LogP contribution >= 0.6 is 0 Å². The van der Waals surface area contributed by atoms with Crippen molar-refractivity contribution < 1.29 is 42.9 Å². The summed E-state index contributed by atoms with van der Waals surface area (Å²) in [6, 6.07) is 7.87. The Bertz CT molecular complexity index is 1290. The van der Waals surface area contributed by atoms with Gasteiger partial charge in [-0.1, -0.05) is 26.0 Å². The van der Waals surface area contributed by atoms with E-state index in [4.69, 9.17) is 18.6 Å². The van der Waals surface area contributed by atoms with E-state index >= 15 is 0 Å². The lowest BCUT2D eigenvalue weighted by molar-refractivity contribution is -0.197. The smallest absolute Gasteiger partial charge is 0.343 e. The number of Topliss-reactive ketones (excluding diaryl/α,β-unsaturated/α-hetero) is 1. The molecule has 3 aliphatic rings. The third kappa shape index (κ3) is 4.05. The Morgan fingerprint density at radius 3 is 2.47 bits per heavy atom. The van der Waals surface area contributed by atoms with Crippen molar-refractivity contribution in [3.05, 3.63) is 71.4 Å². The largest absolute Gasteiger partial charge is 0.472 e. The molecule has 1 aromatic carbocycles. The van der Waals surface area contributed by atoms with Crippen LogP contribution in [0.15, 0.2) is 59.1 Å². The molecule has 2 heterocycles. The molecule has 6 unspecified atom stereocenters. The van der Waals surface area contributed by atoms with Crippen LogP contribution in [0.4, 0.5) is 0 Å². The monoisotopic (exact) mass is 522 g/mol. The molecule has 1 aliphatic heterocycles. The SMILES string of the molecule is COC(=O)C1C=C(OC(=O)c2ccc(CO)cc2)C(=O)C2C1(C)CCC1C(=O)OC(c3ccoc3)CC12C. The molecular weight excluding hydrogens is 492 g/mol. The van der Waals surface area contributed by atoms with E-state index in [2.05, 4.69) is 0 Å². The first kappa shape index (κ1) is 25.9. The van der Waals surface area contributed by atoms with E-state index in [1.807, 2.05) is 13.8 Å². The Balaban J connectivity index is 1.54. The molecule has 1 saturated heterocycles. The average Bonchev–Trinajstić information content (AvgIpc) is 3.44. The van der Waals surface area contributed by atoms with E-state index in [1.165, 1.54) is 37.8 Å². The predicted molar refractivity (Wildman–Crippen MR) is 131 cm³/mol. The number of methoxy groups -OCH3 is 1. The fraction of sp³-hybridized carbons (Fsp3) is 0.448. The van der Waals surface area contributed by atoms with Gasteiger partial charge in [0.25, 0.3) is 0 Å². The fourth-order valence-corrected chi connectivity index (χ4v) is 6.79. The Hall–Kier alpha value is -3.72. The molecule has 0 radical (unpaired) electrons. The van der Waals surface area contributed by atoms with Gasteiger partial charge in [0.1, 0.15) is 6.10 Å². The van der Waals surface area contributed by atoms with Crippen LogP contribution in [0.3, 0.4) is 0 Å². The van der Waals surface area contributed by atoms with E-state index in [0.717, 1.165) is 0 Å². The van der Waals surface area contributed by atoms with Gasteiger partial charge in [-0.15, -0.1) is 0 Å². The van der Waals surface area contributed by atoms with E-state index in [-0.39, 0.29) is 17.9 Å². The summed E-state index contributed by atoms with van der Waals surface area (Å²) in [5, 5.41) is 9.27. The number of furan rings is 1. The van der Waals surface area contributed by atoms with Gasteiger partial charge in [-0.25, -0.2) is 4.79 Å². The number of allylic oxidation sites excluding steroid dienone is 1. The van der Waals surface area contributed by atoms with Crippen molar-refractivity contribution in [3.8, 4) is 0 Å². The number of rotatable bonds is 5. The number of fused-ring (bicyclic) bond motifs is 3. The highest BCUT2D eigenvalue weighted by atomic mass is 16.6. The van der Waals surface area contributed by atoms with Crippen LogP contribution in [0.1, 0.15) is 60.7 Å². The Morgan fingerprint density at radius 2 is 1.84 bits per heavy atom. The van der Waals surface area contributed by atoms with E-state index in [0.29, 0.717) is 30.4 Å². The molecule has 2 aliphatic carbocycles. The maximum absolute atomic E-state index is 14.1. The summed E-state index contributed by atoms with van der Waals surface area (Å²) in [5.74, 6) is -4.61. The summed E-state index contributed by atoms with van der Waals surface area (Å²) >= 11 is 0.